The van der Waals surface area contributed by atoms with E-state index in [0.29, 0.717) is 18.5 Å². The van der Waals surface area contributed by atoms with Gasteiger partial charge in [0.15, 0.2) is 11.5 Å². The molecule has 0 spiro atoms. The summed E-state index contributed by atoms with van der Waals surface area (Å²) in [6, 6.07) is 6.63. The molecule has 2 aromatic rings. The second-order valence-electron chi connectivity index (χ2n) is 8.14. The molecule has 0 aliphatic carbocycles. The third-order valence-electron chi connectivity index (χ3n) is 6.23. The maximum atomic E-state index is 12.7. The Hall–Kier alpha value is -2.71. The highest BCUT2D eigenvalue weighted by atomic mass is 16.7. The highest BCUT2D eigenvalue weighted by Crippen LogP contribution is 2.33. The SMILES string of the molecule is O=C(c1cnccn1)N1CCC[C@@H](N2CCN(Cc3ccc4c(c3)OCO4)CC2)C1. The van der Waals surface area contributed by atoms with Crippen molar-refractivity contribution in [2.24, 2.45) is 0 Å². The minimum atomic E-state index is -0.00533. The molecule has 1 atom stereocenters. The van der Waals surface area contributed by atoms with Gasteiger partial charge in [-0.15, -0.1) is 0 Å². The lowest BCUT2D eigenvalue weighted by atomic mass is 10.0. The summed E-state index contributed by atoms with van der Waals surface area (Å²) in [7, 11) is 0. The normalized spacial score (nSPS) is 22.3. The molecule has 158 valence electrons. The number of carbonyl (C=O) groups is 1. The molecule has 2 saturated heterocycles. The van der Waals surface area contributed by atoms with Crippen molar-refractivity contribution < 1.29 is 14.3 Å². The predicted molar refractivity (Wildman–Crippen MR) is 110 cm³/mol. The molecule has 5 rings (SSSR count). The quantitative estimate of drug-likeness (QED) is 0.760. The van der Waals surface area contributed by atoms with Gasteiger partial charge in [0.05, 0.1) is 6.20 Å². The van der Waals surface area contributed by atoms with E-state index in [1.165, 1.54) is 5.56 Å². The zero-order valence-electron chi connectivity index (χ0n) is 17.1. The molecule has 0 unspecified atom stereocenters. The highest BCUT2D eigenvalue weighted by molar-refractivity contribution is 5.92. The second kappa shape index (κ2) is 8.57. The first-order chi connectivity index (χ1) is 14.8. The molecule has 0 N–H and O–H groups in total. The first kappa shape index (κ1) is 19.3. The number of rotatable bonds is 4. The molecule has 0 saturated carbocycles. The molecule has 4 heterocycles. The summed E-state index contributed by atoms with van der Waals surface area (Å²) in [5, 5.41) is 0. The van der Waals surface area contributed by atoms with E-state index in [1.807, 2.05) is 11.0 Å². The summed E-state index contributed by atoms with van der Waals surface area (Å²) in [4.78, 5) is 27.9. The van der Waals surface area contributed by atoms with Crippen LogP contribution in [0.2, 0.25) is 0 Å². The van der Waals surface area contributed by atoms with Crippen molar-refractivity contribution in [1.82, 2.24) is 24.7 Å². The van der Waals surface area contributed by atoms with Gasteiger partial charge in [0.2, 0.25) is 6.79 Å². The fourth-order valence-electron chi connectivity index (χ4n) is 4.59. The number of piperidine rings is 1. The molecular formula is C22H27N5O3. The Morgan fingerprint density at radius 3 is 2.77 bits per heavy atom. The minimum absolute atomic E-state index is 0.00533. The molecule has 0 radical (unpaired) electrons. The van der Waals surface area contributed by atoms with Gasteiger partial charge < -0.3 is 14.4 Å². The van der Waals surface area contributed by atoms with Gasteiger partial charge in [-0.1, -0.05) is 6.07 Å². The fourth-order valence-corrected chi connectivity index (χ4v) is 4.59. The van der Waals surface area contributed by atoms with Crippen LogP contribution in [0.25, 0.3) is 0 Å². The standard InChI is InChI=1S/C22H27N5O3/c28-22(19-13-23-5-6-24-19)27-7-1-2-18(15-27)26-10-8-25(9-11-26)14-17-3-4-20-21(12-17)30-16-29-20/h3-6,12-13,18H,1-2,7-11,14-16H2/t18-/m1/s1. The zero-order chi connectivity index (χ0) is 20.3. The summed E-state index contributed by atoms with van der Waals surface area (Å²) < 4.78 is 10.9. The average Bonchev–Trinajstić information content (AvgIpc) is 3.28. The van der Waals surface area contributed by atoms with E-state index in [2.05, 4.69) is 31.9 Å². The van der Waals surface area contributed by atoms with Gasteiger partial charge in [0.1, 0.15) is 5.69 Å². The summed E-state index contributed by atoms with van der Waals surface area (Å²) in [5.41, 5.74) is 1.69. The Labute approximate surface area is 176 Å². The molecule has 3 aliphatic heterocycles. The zero-order valence-corrected chi connectivity index (χ0v) is 17.1. The molecule has 30 heavy (non-hydrogen) atoms. The molecule has 8 nitrogen and oxygen atoms in total. The maximum absolute atomic E-state index is 12.7. The van der Waals surface area contributed by atoms with Gasteiger partial charge in [0, 0.05) is 64.2 Å². The van der Waals surface area contributed by atoms with E-state index >= 15 is 0 Å². The second-order valence-corrected chi connectivity index (χ2v) is 8.14. The minimum Gasteiger partial charge on any atom is -0.454 e. The molecule has 0 bridgehead atoms. The molecule has 1 amide bonds. The van der Waals surface area contributed by atoms with Crippen LogP contribution in [-0.2, 0) is 6.54 Å². The van der Waals surface area contributed by atoms with Crippen molar-refractivity contribution in [2.45, 2.75) is 25.4 Å². The molecule has 8 heteroatoms. The van der Waals surface area contributed by atoms with Crippen LogP contribution < -0.4 is 9.47 Å². The third kappa shape index (κ3) is 4.11. The van der Waals surface area contributed by atoms with E-state index in [9.17, 15) is 4.79 Å². The summed E-state index contributed by atoms with van der Waals surface area (Å²) in [5.74, 6) is 1.68. The summed E-state index contributed by atoms with van der Waals surface area (Å²) in [6.07, 6.45) is 6.91. The van der Waals surface area contributed by atoms with Crippen LogP contribution in [0, 0.1) is 0 Å². The van der Waals surface area contributed by atoms with E-state index in [-0.39, 0.29) is 5.91 Å². The van der Waals surface area contributed by atoms with Crippen LogP contribution in [0.15, 0.2) is 36.8 Å². The van der Waals surface area contributed by atoms with E-state index in [4.69, 9.17) is 9.47 Å². The summed E-state index contributed by atoms with van der Waals surface area (Å²) >= 11 is 0. The van der Waals surface area contributed by atoms with Crippen molar-refractivity contribution in [2.75, 3.05) is 46.1 Å². The molecule has 3 aliphatic rings. The van der Waals surface area contributed by atoms with Gasteiger partial charge in [-0.2, -0.15) is 0 Å². The lowest BCUT2D eigenvalue weighted by molar-refractivity contribution is 0.0404. The monoisotopic (exact) mass is 409 g/mol. The number of ether oxygens (including phenoxy) is 2. The number of hydrogen-bond donors (Lipinski definition) is 0. The topological polar surface area (TPSA) is 71.0 Å². The van der Waals surface area contributed by atoms with Crippen molar-refractivity contribution in [3.8, 4) is 11.5 Å². The van der Waals surface area contributed by atoms with Crippen molar-refractivity contribution in [3.63, 3.8) is 0 Å². The van der Waals surface area contributed by atoms with Crippen molar-refractivity contribution in [1.29, 1.82) is 0 Å². The first-order valence-corrected chi connectivity index (χ1v) is 10.7. The van der Waals surface area contributed by atoms with Crippen LogP contribution >= 0.6 is 0 Å². The predicted octanol–water partition coefficient (Wildman–Crippen LogP) is 1.63. The van der Waals surface area contributed by atoms with Crippen LogP contribution in [0.3, 0.4) is 0 Å². The van der Waals surface area contributed by atoms with Gasteiger partial charge in [-0.3, -0.25) is 19.6 Å². The molecule has 2 fully saturated rings. The van der Waals surface area contributed by atoms with Crippen molar-refractivity contribution in [3.05, 3.63) is 48.0 Å². The lowest BCUT2D eigenvalue weighted by Crippen LogP contribution is -2.55. The number of piperazine rings is 1. The number of carbonyl (C=O) groups excluding carboxylic acids is 1. The van der Waals surface area contributed by atoms with Gasteiger partial charge in [0.25, 0.3) is 5.91 Å². The molecular weight excluding hydrogens is 382 g/mol. The van der Waals surface area contributed by atoms with Gasteiger partial charge in [-0.25, -0.2) is 4.98 Å². The van der Waals surface area contributed by atoms with E-state index in [0.717, 1.165) is 70.2 Å². The highest BCUT2D eigenvalue weighted by Gasteiger charge is 2.30. The largest absolute Gasteiger partial charge is 0.454 e. The Balaban J connectivity index is 1.14. The first-order valence-electron chi connectivity index (χ1n) is 10.7. The fraction of sp³-hybridized carbons (Fsp3) is 0.500. The number of aromatic nitrogens is 2. The van der Waals surface area contributed by atoms with Gasteiger partial charge in [-0.05, 0) is 30.5 Å². The average molecular weight is 409 g/mol. The Morgan fingerprint density at radius 2 is 1.93 bits per heavy atom. The number of benzene rings is 1. The molecule has 1 aromatic carbocycles. The van der Waals surface area contributed by atoms with Crippen LogP contribution in [-0.4, -0.2) is 82.7 Å². The Bertz CT molecular complexity index is 886. The van der Waals surface area contributed by atoms with E-state index in [1.54, 1.807) is 18.6 Å². The third-order valence-corrected chi connectivity index (χ3v) is 6.23. The van der Waals surface area contributed by atoms with Crippen LogP contribution in [0.1, 0.15) is 28.9 Å². The summed E-state index contributed by atoms with van der Waals surface area (Å²) in [6.45, 7) is 6.94. The number of amides is 1. The van der Waals surface area contributed by atoms with Crippen LogP contribution in [0.5, 0.6) is 11.5 Å². The smallest absolute Gasteiger partial charge is 0.274 e. The number of fused-ring (bicyclic) bond motifs is 1. The van der Waals surface area contributed by atoms with E-state index < -0.39 is 0 Å². The van der Waals surface area contributed by atoms with Crippen molar-refractivity contribution >= 4 is 5.91 Å². The maximum Gasteiger partial charge on any atom is 0.274 e. The number of likely N-dealkylation sites (tertiary alicyclic amines) is 1. The number of hydrogen-bond acceptors (Lipinski definition) is 7. The molecule has 1 aromatic heterocycles. The Morgan fingerprint density at radius 1 is 1.07 bits per heavy atom. The van der Waals surface area contributed by atoms with Gasteiger partial charge >= 0.3 is 0 Å². The van der Waals surface area contributed by atoms with Crippen LogP contribution in [0.4, 0.5) is 0 Å². The lowest BCUT2D eigenvalue weighted by Gasteiger charge is -2.43. The Kier molecular flexibility index (Phi) is 5.50. The number of nitrogens with zero attached hydrogens (tertiary/aromatic N) is 5.